The second-order valence-electron chi connectivity index (χ2n) is 9.76. The molecule has 0 fully saturated rings. The van der Waals surface area contributed by atoms with Crippen LogP contribution in [0, 0.1) is 6.92 Å². The summed E-state index contributed by atoms with van der Waals surface area (Å²) in [5, 5.41) is 2.97. The monoisotopic (exact) mass is 406 g/mol. The van der Waals surface area contributed by atoms with E-state index in [9.17, 15) is 0 Å². The Balaban J connectivity index is 2.27. The Morgan fingerprint density at radius 1 is 0.387 bits per heavy atom. The summed E-state index contributed by atoms with van der Waals surface area (Å²) in [5.74, 6) is 0. The fourth-order valence-electron chi connectivity index (χ4n) is 5.61. The molecule has 0 N–H and O–H groups in total. The standard InChI is InChI=1S/C19H25B11S/c1-2-3-6-11(24)8(21)5(4-9(22)14(27)16(29)15(28)10(4)23)12(25)19(6)31-18(3)17(30)13(26)7(2)20/h20-30H2,1H3. The van der Waals surface area contributed by atoms with Crippen LogP contribution in [0.2, 0.25) is 0 Å². The highest BCUT2D eigenvalue weighted by Gasteiger charge is 2.23. The predicted molar refractivity (Wildman–Crippen MR) is 179 cm³/mol. The highest BCUT2D eigenvalue weighted by Crippen LogP contribution is 2.32. The number of rotatable bonds is 1. The molecule has 3 aromatic carbocycles. The number of hydrogen-bond donors (Lipinski definition) is 0. The van der Waals surface area contributed by atoms with Crippen molar-refractivity contribution in [1.29, 1.82) is 0 Å². The van der Waals surface area contributed by atoms with Crippen LogP contribution in [0.3, 0.4) is 0 Å². The largest absolute Gasteiger partial charge is 0.141 e. The molecule has 0 amide bonds. The Morgan fingerprint density at radius 3 is 1.32 bits per heavy atom. The summed E-state index contributed by atoms with van der Waals surface area (Å²) in [4.78, 5) is 0. The van der Waals surface area contributed by atoms with Crippen LogP contribution in [0.5, 0.6) is 0 Å². The molecule has 0 aliphatic carbocycles. The molecule has 0 spiro atoms. The van der Waals surface area contributed by atoms with Gasteiger partial charge in [-0.2, -0.15) is 0 Å². The first kappa shape index (κ1) is 22.8. The van der Waals surface area contributed by atoms with E-state index in [1.165, 1.54) is 97.0 Å². The van der Waals surface area contributed by atoms with Crippen LogP contribution in [0.15, 0.2) is 0 Å². The van der Waals surface area contributed by atoms with Gasteiger partial charge < -0.3 is 0 Å². The lowest BCUT2D eigenvalue weighted by Crippen LogP contribution is -2.56. The third-order valence-corrected chi connectivity index (χ3v) is 10.0. The lowest BCUT2D eigenvalue weighted by molar-refractivity contribution is 1.62. The maximum atomic E-state index is 2.35. The quantitative estimate of drug-likeness (QED) is 0.277. The SMILES string of the molecule is Bc1c(B)c(B)c(-c2c(B)c(B)c3c(sc4c(B)c(B)c(B)c(C)c43)c2B)c(B)c1B. The highest BCUT2D eigenvalue weighted by molar-refractivity contribution is 7.28. The summed E-state index contributed by atoms with van der Waals surface area (Å²) in [7, 11) is 25.4. The van der Waals surface area contributed by atoms with Gasteiger partial charge in [0.2, 0.25) is 0 Å². The molecule has 31 heavy (non-hydrogen) atoms. The molecule has 0 bridgehead atoms. The van der Waals surface area contributed by atoms with Crippen molar-refractivity contribution in [3.05, 3.63) is 5.56 Å². The summed E-state index contributed by atoms with van der Waals surface area (Å²) in [6.07, 6.45) is 0. The van der Waals surface area contributed by atoms with E-state index >= 15 is 0 Å². The third-order valence-electron chi connectivity index (χ3n) is 8.59. The van der Waals surface area contributed by atoms with Crippen LogP contribution in [-0.4, -0.2) is 86.3 Å². The van der Waals surface area contributed by atoms with E-state index in [1.807, 2.05) is 11.3 Å². The summed E-state index contributed by atoms with van der Waals surface area (Å²) < 4.78 is 2.95. The first-order chi connectivity index (χ1) is 14.4. The van der Waals surface area contributed by atoms with Crippen LogP contribution in [0.1, 0.15) is 5.56 Å². The van der Waals surface area contributed by atoms with E-state index in [0.29, 0.717) is 0 Å². The molecule has 140 valence electrons. The van der Waals surface area contributed by atoms with Gasteiger partial charge in [0, 0.05) is 14.8 Å². The van der Waals surface area contributed by atoms with E-state index in [4.69, 9.17) is 0 Å². The lowest BCUT2D eigenvalue weighted by atomic mass is 9.57. The Hall–Kier alpha value is -1.41. The van der Waals surface area contributed by atoms with E-state index in [0.717, 1.165) is 0 Å². The van der Waals surface area contributed by atoms with Gasteiger partial charge in [0.1, 0.15) is 86.3 Å². The topological polar surface area (TPSA) is 0 Å². The van der Waals surface area contributed by atoms with Crippen LogP contribution in [-0.2, 0) is 0 Å². The average molecular weight is 404 g/mol. The fraction of sp³-hybridized carbons (Fsp3) is 0.0526. The molecule has 1 aromatic heterocycles. The molecular formula is C19H25B11S. The van der Waals surface area contributed by atoms with Crippen LogP contribution in [0.4, 0.5) is 0 Å². The van der Waals surface area contributed by atoms with Crippen LogP contribution in [0.25, 0.3) is 31.3 Å². The van der Waals surface area contributed by atoms with Crippen molar-refractivity contribution < 1.29 is 0 Å². The maximum Gasteiger partial charge on any atom is 0.141 e. The molecule has 0 saturated heterocycles. The van der Waals surface area contributed by atoms with Gasteiger partial charge in [-0.15, -0.1) is 27.7 Å². The second kappa shape index (κ2) is 7.58. The number of hydrogen-bond acceptors (Lipinski definition) is 1. The molecule has 0 radical (unpaired) electrons. The zero-order valence-electron chi connectivity index (χ0n) is 21.4. The van der Waals surface area contributed by atoms with E-state index in [2.05, 4.69) is 93.2 Å². The van der Waals surface area contributed by atoms with Crippen molar-refractivity contribution in [2.45, 2.75) is 6.92 Å². The Kier molecular flexibility index (Phi) is 5.57. The van der Waals surface area contributed by atoms with Gasteiger partial charge in [-0.05, 0) is 29.0 Å². The lowest BCUT2D eigenvalue weighted by Gasteiger charge is -2.25. The molecule has 4 rings (SSSR count). The third kappa shape index (κ3) is 2.96. The summed E-state index contributed by atoms with van der Waals surface area (Å²) in [5.41, 5.74) is 20.2. The molecule has 0 unspecified atom stereocenters. The minimum atomic E-state index is 1.43. The van der Waals surface area contributed by atoms with E-state index in [-0.39, 0.29) is 0 Å². The van der Waals surface area contributed by atoms with Crippen molar-refractivity contribution in [2.24, 2.45) is 0 Å². The summed E-state index contributed by atoms with van der Waals surface area (Å²) in [6, 6.07) is 0. The predicted octanol–water partition coefficient (Wildman–Crippen LogP) is -13.1. The Labute approximate surface area is 201 Å². The number of thiophene rings is 1. The first-order valence-electron chi connectivity index (χ1n) is 11.4. The van der Waals surface area contributed by atoms with Crippen molar-refractivity contribution in [1.82, 2.24) is 0 Å². The van der Waals surface area contributed by atoms with Gasteiger partial charge in [0.15, 0.2) is 0 Å². The van der Waals surface area contributed by atoms with Gasteiger partial charge in [-0.1, -0.05) is 43.7 Å². The van der Waals surface area contributed by atoms with Crippen molar-refractivity contribution in [3.8, 4) is 11.1 Å². The van der Waals surface area contributed by atoms with E-state index in [1.54, 1.807) is 0 Å². The van der Waals surface area contributed by atoms with E-state index < -0.39 is 0 Å². The number of fused-ring (bicyclic) bond motifs is 3. The fourth-order valence-corrected chi connectivity index (χ4v) is 7.09. The molecule has 0 nitrogen and oxygen atoms in total. The van der Waals surface area contributed by atoms with Crippen LogP contribution < -0.4 is 60.1 Å². The zero-order valence-corrected chi connectivity index (χ0v) is 22.2. The molecule has 0 saturated carbocycles. The van der Waals surface area contributed by atoms with Gasteiger partial charge in [0.25, 0.3) is 0 Å². The second-order valence-corrected chi connectivity index (χ2v) is 10.8. The van der Waals surface area contributed by atoms with Crippen molar-refractivity contribution in [3.63, 3.8) is 0 Å². The molecule has 0 aliphatic heterocycles. The van der Waals surface area contributed by atoms with Crippen LogP contribution >= 0.6 is 11.3 Å². The minimum Gasteiger partial charge on any atom is -0.136 e. The van der Waals surface area contributed by atoms with Crippen molar-refractivity contribution in [2.75, 3.05) is 0 Å². The van der Waals surface area contributed by atoms with Gasteiger partial charge in [0.05, 0.1) is 0 Å². The van der Waals surface area contributed by atoms with Crippen molar-refractivity contribution >= 4 is 178 Å². The number of benzene rings is 3. The number of aryl methyl sites for hydroxylation is 1. The molecule has 12 heteroatoms. The van der Waals surface area contributed by atoms with Gasteiger partial charge >= 0.3 is 0 Å². The summed E-state index contributed by atoms with van der Waals surface area (Å²) >= 11 is 2.01. The molecular weight excluding hydrogens is 379 g/mol. The molecule has 0 atom stereocenters. The molecule has 0 aliphatic rings. The van der Waals surface area contributed by atoms with Gasteiger partial charge in [-0.25, -0.2) is 0 Å². The van der Waals surface area contributed by atoms with Gasteiger partial charge in [-0.3, -0.25) is 0 Å². The smallest absolute Gasteiger partial charge is 0.136 e. The highest BCUT2D eigenvalue weighted by atomic mass is 32.1. The maximum absolute atomic E-state index is 2.35. The average Bonchev–Trinajstić information content (AvgIpc) is 3.15. The molecule has 4 aromatic rings. The first-order valence-corrected chi connectivity index (χ1v) is 12.2. The Bertz CT molecular complexity index is 1420. The molecule has 1 heterocycles. The zero-order chi connectivity index (χ0) is 23.1. The summed E-state index contributed by atoms with van der Waals surface area (Å²) in [6.45, 7) is 2.31. The Morgan fingerprint density at radius 2 is 0.774 bits per heavy atom. The normalized spacial score (nSPS) is 11.5. The minimum absolute atomic E-state index is 1.43.